The number of benzene rings is 2. The standard InChI is InChI=1S/C26H36N4O2/c1-5-11-27-13-15-29-19-9-10-20(30-16-14-28-12-6-2)24-23(19)25(31)21-17(3)7-8-18(4)22(21)26(24)32/h7-10,27-30H,5-6,11-16H2,1-4H3. The first-order valence-corrected chi connectivity index (χ1v) is 11.8. The van der Waals surface area contributed by atoms with Gasteiger partial charge in [-0.1, -0.05) is 26.0 Å². The van der Waals surface area contributed by atoms with Crippen LogP contribution < -0.4 is 21.3 Å². The number of nitrogens with one attached hydrogen (secondary N) is 4. The SMILES string of the molecule is CCCNCCNc1ccc(NCCNCCC)c2c1C(=O)c1c(C)ccc(C)c1C2=O. The number of hydrogen-bond acceptors (Lipinski definition) is 6. The summed E-state index contributed by atoms with van der Waals surface area (Å²) in [5.74, 6) is -0.153. The van der Waals surface area contributed by atoms with Gasteiger partial charge in [0, 0.05) is 48.7 Å². The van der Waals surface area contributed by atoms with Crippen molar-refractivity contribution < 1.29 is 9.59 Å². The van der Waals surface area contributed by atoms with Gasteiger partial charge in [0.05, 0.1) is 11.1 Å². The molecule has 2 aromatic rings. The van der Waals surface area contributed by atoms with Crippen molar-refractivity contribution in [2.24, 2.45) is 0 Å². The number of aryl methyl sites for hydroxylation is 2. The predicted octanol–water partition coefficient (Wildman–Crippen LogP) is 3.90. The number of hydrogen-bond donors (Lipinski definition) is 4. The summed E-state index contributed by atoms with van der Waals surface area (Å²) in [6.45, 7) is 12.9. The van der Waals surface area contributed by atoms with Crippen LogP contribution in [0.5, 0.6) is 0 Å². The van der Waals surface area contributed by atoms with Gasteiger partial charge in [-0.15, -0.1) is 0 Å². The maximum absolute atomic E-state index is 13.7. The highest BCUT2D eigenvalue weighted by Gasteiger charge is 2.36. The number of anilines is 2. The Hall–Kier alpha value is -2.70. The summed E-state index contributed by atoms with van der Waals surface area (Å²) in [5, 5.41) is 13.5. The zero-order chi connectivity index (χ0) is 23.1. The van der Waals surface area contributed by atoms with E-state index in [2.05, 4.69) is 35.1 Å². The van der Waals surface area contributed by atoms with Crippen molar-refractivity contribution in [2.45, 2.75) is 40.5 Å². The molecule has 3 rings (SSSR count). The van der Waals surface area contributed by atoms with Crippen LogP contribution in [0, 0.1) is 13.8 Å². The van der Waals surface area contributed by atoms with Crippen molar-refractivity contribution in [3.8, 4) is 0 Å². The molecule has 0 bridgehead atoms. The molecule has 4 N–H and O–H groups in total. The molecule has 0 aromatic heterocycles. The Labute approximate surface area is 191 Å². The average molecular weight is 437 g/mol. The van der Waals surface area contributed by atoms with E-state index < -0.39 is 0 Å². The molecule has 0 aliphatic heterocycles. The molecule has 0 radical (unpaired) electrons. The minimum atomic E-state index is -0.0763. The summed E-state index contributed by atoms with van der Waals surface area (Å²) in [5.41, 5.74) is 5.17. The van der Waals surface area contributed by atoms with E-state index in [0.29, 0.717) is 35.3 Å². The lowest BCUT2D eigenvalue weighted by atomic mass is 9.78. The van der Waals surface area contributed by atoms with Gasteiger partial charge in [-0.2, -0.15) is 0 Å². The molecule has 2 aromatic carbocycles. The maximum atomic E-state index is 13.7. The fraction of sp³-hybridized carbons (Fsp3) is 0.462. The number of rotatable bonds is 12. The van der Waals surface area contributed by atoms with Crippen LogP contribution in [-0.4, -0.2) is 50.8 Å². The van der Waals surface area contributed by atoms with Gasteiger partial charge in [0.15, 0.2) is 11.6 Å². The Morgan fingerprint density at radius 1 is 0.562 bits per heavy atom. The highest BCUT2D eigenvalue weighted by atomic mass is 16.1. The number of ketones is 2. The summed E-state index contributed by atoms with van der Waals surface area (Å²) in [6.07, 6.45) is 2.15. The Morgan fingerprint density at radius 2 is 0.969 bits per heavy atom. The lowest BCUT2D eigenvalue weighted by molar-refractivity contribution is 0.0979. The number of carbonyl (C=O) groups is 2. The second kappa shape index (κ2) is 11.2. The normalized spacial score (nSPS) is 12.5. The van der Waals surface area contributed by atoms with E-state index >= 15 is 0 Å². The van der Waals surface area contributed by atoms with E-state index in [-0.39, 0.29) is 11.6 Å². The van der Waals surface area contributed by atoms with Crippen LogP contribution >= 0.6 is 0 Å². The topological polar surface area (TPSA) is 82.3 Å². The molecule has 6 nitrogen and oxygen atoms in total. The Bertz CT molecular complexity index is 906. The maximum Gasteiger partial charge on any atom is 0.196 e. The van der Waals surface area contributed by atoms with Crippen molar-refractivity contribution >= 4 is 22.9 Å². The molecule has 32 heavy (non-hydrogen) atoms. The highest BCUT2D eigenvalue weighted by molar-refractivity contribution is 6.32. The quantitative estimate of drug-likeness (QED) is 0.322. The van der Waals surface area contributed by atoms with Gasteiger partial charge in [0.2, 0.25) is 0 Å². The molecular weight excluding hydrogens is 400 g/mol. The van der Waals surface area contributed by atoms with Gasteiger partial charge >= 0.3 is 0 Å². The second-order valence-corrected chi connectivity index (χ2v) is 8.37. The van der Waals surface area contributed by atoms with Gasteiger partial charge in [0.25, 0.3) is 0 Å². The molecule has 172 valence electrons. The van der Waals surface area contributed by atoms with Gasteiger partial charge < -0.3 is 21.3 Å². The highest BCUT2D eigenvalue weighted by Crippen LogP contribution is 2.38. The first-order chi connectivity index (χ1) is 15.5. The average Bonchev–Trinajstić information content (AvgIpc) is 2.78. The smallest absolute Gasteiger partial charge is 0.196 e. The van der Waals surface area contributed by atoms with Crippen molar-refractivity contribution in [1.82, 2.24) is 10.6 Å². The molecule has 0 amide bonds. The fourth-order valence-electron chi connectivity index (χ4n) is 4.19. The van der Waals surface area contributed by atoms with Gasteiger partial charge in [-0.05, 0) is 63.0 Å². The van der Waals surface area contributed by atoms with E-state index in [1.807, 2.05) is 38.1 Å². The van der Waals surface area contributed by atoms with Crippen LogP contribution in [0.3, 0.4) is 0 Å². The minimum Gasteiger partial charge on any atom is -0.383 e. The Kier molecular flexibility index (Phi) is 8.42. The number of carbonyl (C=O) groups excluding carboxylic acids is 2. The molecule has 0 saturated heterocycles. The molecule has 0 atom stereocenters. The first kappa shape index (κ1) is 24.0. The van der Waals surface area contributed by atoms with Crippen LogP contribution in [0.4, 0.5) is 11.4 Å². The summed E-state index contributed by atoms with van der Waals surface area (Å²) >= 11 is 0. The van der Waals surface area contributed by atoms with E-state index in [0.717, 1.165) is 61.5 Å². The van der Waals surface area contributed by atoms with Gasteiger partial charge in [-0.3, -0.25) is 9.59 Å². The molecule has 0 saturated carbocycles. The van der Waals surface area contributed by atoms with E-state index in [9.17, 15) is 9.59 Å². The monoisotopic (exact) mass is 436 g/mol. The first-order valence-electron chi connectivity index (χ1n) is 11.8. The van der Waals surface area contributed by atoms with Crippen LogP contribution in [0.25, 0.3) is 0 Å². The summed E-state index contributed by atoms with van der Waals surface area (Å²) in [7, 11) is 0. The van der Waals surface area contributed by atoms with Crippen molar-refractivity contribution in [3.05, 3.63) is 57.6 Å². The van der Waals surface area contributed by atoms with Crippen molar-refractivity contribution in [1.29, 1.82) is 0 Å². The van der Waals surface area contributed by atoms with E-state index in [4.69, 9.17) is 0 Å². The Morgan fingerprint density at radius 3 is 1.34 bits per heavy atom. The predicted molar refractivity (Wildman–Crippen MR) is 133 cm³/mol. The third-order valence-corrected chi connectivity index (χ3v) is 5.82. The van der Waals surface area contributed by atoms with Crippen molar-refractivity contribution in [3.63, 3.8) is 0 Å². The summed E-state index contributed by atoms with van der Waals surface area (Å²) in [6, 6.07) is 7.69. The van der Waals surface area contributed by atoms with Crippen LogP contribution in [0.1, 0.15) is 69.7 Å². The Balaban J connectivity index is 1.97. The van der Waals surface area contributed by atoms with Crippen LogP contribution in [0.15, 0.2) is 24.3 Å². The second-order valence-electron chi connectivity index (χ2n) is 8.37. The lowest BCUT2D eigenvalue weighted by Crippen LogP contribution is -2.29. The van der Waals surface area contributed by atoms with E-state index in [1.54, 1.807) is 0 Å². The largest absolute Gasteiger partial charge is 0.383 e. The lowest BCUT2D eigenvalue weighted by Gasteiger charge is -2.26. The summed E-state index contributed by atoms with van der Waals surface area (Å²) in [4.78, 5) is 27.4. The minimum absolute atomic E-state index is 0.0763. The molecule has 1 aliphatic rings. The van der Waals surface area contributed by atoms with Gasteiger partial charge in [-0.25, -0.2) is 0 Å². The van der Waals surface area contributed by atoms with E-state index in [1.165, 1.54) is 0 Å². The molecule has 0 heterocycles. The van der Waals surface area contributed by atoms with Crippen molar-refractivity contribution in [2.75, 3.05) is 49.9 Å². The van der Waals surface area contributed by atoms with Crippen LogP contribution in [-0.2, 0) is 0 Å². The molecule has 6 heteroatoms. The zero-order valence-corrected chi connectivity index (χ0v) is 19.8. The molecule has 0 fully saturated rings. The fourth-order valence-corrected chi connectivity index (χ4v) is 4.19. The molecular formula is C26H36N4O2. The number of fused-ring (bicyclic) bond motifs is 2. The van der Waals surface area contributed by atoms with Gasteiger partial charge in [0.1, 0.15) is 0 Å². The van der Waals surface area contributed by atoms with Crippen LogP contribution in [0.2, 0.25) is 0 Å². The zero-order valence-electron chi connectivity index (χ0n) is 19.8. The third kappa shape index (κ3) is 5.03. The third-order valence-electron chi connectivity index (χ3n) is 5.82. The molecule has 0 spiro atoms. The summed E-state index contributed by atoms with van der Waals surface area (Å²) < 4.78 is 0. The molecule has 1 aliphatic carbocycles. The molecule has 0 unspecified atom stereocenters.